The zero-order valence-electron chi connectivity index (χ0n) is 13.6. The molecule has 3 rings (SSSR count). The van der Waals surface area contributed by atoms with Gasteiger partial charge >= 0.3 is 0 Å². The monoisotopic (exact) mass is 331 g/mol. The SMILES string of the molecule is CC(O)c1cc2c(s1)-c1ccc(OCC(=O)N(C)C)cc1CC2. The first-order chi connectivity index (χ1) is 11.0. The molecule has 0 spiro atoms. The van der Waals surface area contributed by atoms with Gasteiger partial charge in [0, 0.05) is 23.8 Å². The van der Waals surface area contributed by atoms with E-state index < -0.39 is 6.10 Å². The Morgan fingerprint density at radius 2 is 2.04 bits per heavy atom. The van der Waals surface area contributed by atoms with E-state index in [9.17, 15) is 9.90 Å². The van der Waals surface area contributed by atoms with Gasteiger partial charge in [-0.2, -0.15) is 0 Å². The zero-order chi connectivity index (χ0) is 16.6. The summed E-state index contributed by atoms with van der Waals surface area (Å²) in [6.07, 6.45) is 1.51. The molecule has 0 saturated heterocycles. The molecule has 122 valence electrons. The van der Waals surface area contributed by atoms with Gasteiger partial charge in [-0.3, -0.25) is 4.79 Å². The van der Waals surface area contributed by atoms with Crippen LogP contribution in [0.5, 0.6) is 5.75 Å². The van der Waals surface area contributed by atoms with Crippen LogP contribution < -0.4 is 4.74 Å². The van der Waals surface area contributed by atoms with Crippen LogP contribution in [0.3, 0.4) is 0 Å². The molecule has 1 N–H and O–H groups in total. The third kappa shape index (κ3) is 3.26. The van der Waals surface area contributed by atoms with Crippen molar-refractivity contribution >= 4 is 17.2 Å². The molecule has 1 heterocycles. The number of rotatable bonds is 4. The lowest BCUT2D eigenvalue weighted by molar-refractivity contribution is -0.130. The molecule has 0 fully saturated rings. The fourth-order valence-corrected chi connectivity index (χ4v) is 3.91. The van der Waals surface area contributed by atoms with E-state index in [-0.39, 0.29) is 12.5 Å². The molecule has 1 amide bonds. The quantitative estimate of drug-likeness (QED) is 0.937. The fourth-order valence-electron chi connectivity index (χ4n) is 2.70. The number of carbonyl (C=O) groups is 1. The van der Waals surface area contributed by atoms with Crippen LogP contribution in [0.15, 0.2) is 24.3 Å². The topological polar surface area (TPSA) is 49.8 Å². The molecular weight excluding hydrogens is 310 g/mol. The number of aryl methyl sites for hydroxylation is 2. The molecular formula is C18H21NO3S. The van der Waals surface area contributed by atoms with Crippen molar-refractivity contribution in [1.82, 2.24) is 4.90 Å². The van der Waals surface area contributed by atoms with Crippen molar-refractivity contribution < 1.29 is 14.6 Å². The minimum atomic E-state index is -0.422. The maximum atomic E-state index is 11.6. The van der Waals surface area contributed by atoms with Crippen molar-refractivity contribution in [1.29, 1.82) is 0 Å². The van der Waals surface area contributed by atoms with Crippen LogP contribution in [0.25, 0.3) is 10.4 Å². The van der Waals surface area contributed by atoms with Crippen LogP contribution in [0.4, 0.5) is 0 Å². The number of fused-ring (bicyclic) bond motifs is 3. The predicted molar refractivity (Wildman–Crippen MR) is 92.0 cm³/mol. The number of likely N-dealkylation sites (N-methyl/N-ethyl adjacent to an activating group) is 1. The summed E-state index contributed by atoms with van der Waals surface area (Å²) in [6.45, 7) is 1.86. The zero-order valence-corrected chi connectivity index (χ0v) is 14.4. The van der Waals surface area contributed by atoms with Gasteiger partial charge in [-0.25, -0.2) is 0 Å². The Morgan fingerprint density at radius 1 is 1.30 bits per heavy atom. The summed E-state index contributed by atoms with van der Waals surface area (Å²) in [5.74, 6) is 0.680. The summed E-state index contributed by atoms with van der Waals surface area (Å²) in [4.78, 5) is 15.4. The lowest BCUT2D eigenvalue weighted by atomic mass is 9.91. The van der Waals surface area contributed by atoms with Crippen LogP contribution in [-0.2, 0) is 17.6 Å². The van der Waals surface area contributed by atoms with Gasteiger partial charge in [-0.15, -0.1) is 11.3 Å². The van der Waals surface area contributed by atoms with E-state index in [1.54, 1.807) is 32.4 Å². The normalized spacial score (nSPS) is 13.9. The van der Waals surface area contributed by atoms with Crippen molar-refractivity contribution in [2.75, 3.05) is 20.7 Å². The molecule has 0 aliphatic heterocycles. The Hall–Kier alpha value is -1.85. The molecule has 1 aliphatic carbocycles. The van der Waals surface area contributed by atoms with Crippen LogP contribution in [-0.4, -0.2) is 36.6 Å². The highest BCUT2D eigenvalue weighted by Crippen LogP contribution is 2.42. The summed E-state index contributed by atoms with van der Waals surface area (Å²) in [5.41, 5.74) is 3.77. The highest BCUT2D eigenvalue weighted by molar-refractivity contribution is 7.15. The predicted octanol–water partition coefficient (Wildman–Crippen LogP) is 3.03. The van der Waals surface area contributed by atoms with Gasteiger partial charge in [-0.1, -0.05) is 0 Å². The fraction of sp³-hybridized carbons (Fsp3) is 0.389. The molecule has 0 bridgehead atoms. The van der Waals surface area contributed by atoms with Gasteiger partial charge in [0.1, 0.15) is 5.75 Å². The van der Waals surface area contributed by atoms with E-state index in [0.29, 0.717) is 0 Å². The summed E-state index contributed by atoms with van der Waals surface area (Å²) >= 11 is 1.66. The molecule has 0 saturated carbocycles. The van der Waals surface area contributed by atoms with E-state index in [4.69, 9.17) is 4.74 Å². The number of aliphatic hydroxyl groups is 1. The molecule has 2 aromatic rings. The van der Waals surface area contributed by atoms with Crippen LogP contribution >= 0.6 is 11.3 Å². The summed E-state index contributed by atoms with van der Waals surface area (Å²) < 4.78 is 5.60. The first-order valence-corrected chi connectivity index (χ1v) is 8.54. The van der Waals surface area contributed by atoms with Gasteiger partial charge < -0.3 is 14.7 Å². The minimum Gasteiger partial charge on any atom is -0.484 e. The number of aliphatic hydroxyl groups excluding tert-OH is 1. The van der Waals surface area contributed by atoms with Crippen molar-refractivity contribution in [2.45, 2.75) is 25.9 Å². The second kappa shape index (κ2) is 6.34. The maximum Gasteiger partial charge on any atom is 0.259 e. The van der Waals surface area contributed by atoms with Gasteiger partial charge in [0.05, 0.1) is 6.10 Å². The Morgan fingerprint density at radius 3 is 2.74 bits per heavy atom. The first-order valence-electron chi connectivity index (χ1n) is 7.72. The van der Waals surface area contributed by atoms with E-state index in [1.807, 2.05) is 12.1 Å². The Kier molecular flexibility index (Phi) is 4.41. The Labute approximate surface area is 140 Å². The second-order valence-electron chi connectivity index (χ2n) is 6.07. The van der Waals surface area contributed by atoms with Crippen LogP contribution in [0.1, 0.15) is 29.0 Å². The Bertz CT molecular complexity index is 734. The minimum absolute atomic E-state index is 0.0511. The highest BCUT2D eigenvalue weighted by atomic mass is 32.1. The van der Waals surface area contributed by atoms with Gasteiger partial charge in [0.25, 0.3) is 5.91 Å². The largest absolute Gasteiger partial charge is 0.484 e. The molecule has 23 heavy (non-hydrogen) atoms. The smallest absolute Gasteiger partial charge is 0.259 e. The van der Waals surface area contributed by atoms with Crippen LogP contribution in [0.2, 0.25) is 0 Å². The second-order valence-corrected chi connectivity index (χ2v) is 7.16. The lowest BCUT2D eigenvalue weighted by Gasteiger charge is -2.18. The third-order valence-electron chi connectivity index (χ3n) is 4.09. The number of hydrogen-bond acceptors (Lipinski definition) is 4. The molecule has 5 heteroatoms. The standard InChI is InChI=1S/C18H21NO3S/c1-11(20)16-9-13-5-4-12-8-14(22-10-17(21)19(2)3)6-7-15(12)18(13)23-16/h6-9,11,20H,4-5,10H2,1-3H3. The van der Waals surface area contributed by atoms with Crippen molar-refractivity contribution in [3.63, 3.8) is 0 Å². The molecule has 1 aliphatic rings. The van der Waals surface area contributed by atoms with Crippen molar-refractivity contribution in [3.05, 3.63) is 40.3 Å². The first kappa shape index (κ1) is 16.0. The van der Waals surface area contributed by atoms with E-state index in [0.717, 1.165) is 23.5 Å². The van der Waals surface area contributed by atoms with Gasteiger partial charge in [0.15, 0.2) is 6.61 Å². The van der Waals surface area contributed by atoms with E-state index in [2.05, 4.69) is 12.1 Å². The van der Waals surface area contributed by atoms with Gasteiger partial charge in [0.2, 0.25) is 0 Å². The molecule has 1 aromatic heterocycles. The highest BCUT2D eigenvalue weighted by Gasteiger charge is 2.21. The third-order valence-corrected chi connectivity index (χ3v) is 5.47. The van der Waals surface area contributed by atoms with Gasteiger partial charge in [-0.05, 0) is 60.7 Å². The average molecular weight is 331 g/mol. The number of benzene rings is 1. The molecule has 1 atom stereocenters. The number of hydrogen-bond donors (Lipinski definition) is 1. The number of carbonyl (C=O) groups excluding carboxylic acids is 1. The summed E-state index contributed by atoms with van der Waals surface area (Å²) in [7, 11) is 3.44. The van der Waals surface area contributed by atoms with Crippen molar-refractivity contribution in [2.24, 2.45) is 0 Å². The Balaban J connectivity index is 1.83. The maximum absolute atomic E-state index is 11.6. The number of ether oxygens (including phenoxy) is 1. The van der Waals surface area contributed by atoms with E-state index in [1.165, 1.54) is 26.5 Å². The number of thiophene rings is 1. The summed E-state index contributed by atoms with van der Waals surface area (Å²) in [5, 5.41) is 9.79. The molecule has 0 radical (unpaired) electrons. The number of nitrogens with zero attached hydrogens (tertiary/aromatic N) is 1. The molecule has 1 unspecified atom stereocenters. The number of amides is 1. The summed E-state index contributed by atoms with van der Waals surface area (Å²) in [6, 6.07) is 8.13. The molecule has 1 aromatic carbocycles. The molecule has 4 nitrogen and oxygen atoms in total. The average Bonchev–Trinajstić information content (AvgIpc) is 2.96. The van der Waals surface area contributed by atoms with E-state index >= 15 is 0 Å². The van der Waals surface area contributed by atoms with Crippen molar-refractivity contribution in [3.8, 4) is 16.2 Å². The lowest BCUT2D eigenvalue weighted by Crippen LogP contribution is -2.27. The van der Waals surface area contributed by atoms with Crippen LogP contribution in [0, 0.1) is 0 Å².